The molecule has 0 radical (unpaired) electrons. The Kier molecular flexibility index (Phi) is 6.49. The standard InChI is InChI=1S/C24H21NO4.H2O/c26-23(27)22(14-16-8-2-1-3-9-16)25-24(28)29-15-21-19-12-6-4-10-17(19)18-11-5-7-13-20(18)21;/h1-13,21-22H,14-15H2,(H,25,28)(H,26,27);1H2/t22-;/m0./s1. The second-order valence-corrected chi connectivity index (χ2v) is 7.05. The molecule has 6 heteroatoms. The molecular formula is C24H23NO5. The van der Waals surface area contributed by atoms with E-state index in [4.69, 9.17) is 4.74 Å². The predicted octanol–water partition coefficient (Wildman–Crippen LogP) is 3.40. The zero-order chi connectivity index (χ0) is 20.2. The molecular weight excluding hydrogens is 382 g/mol. The number of rotatable bonds is 6. The van der Waals surface area contributed by atoms with E-state index in [-0.39, 0.29) is 24.4 Å². The van der Waals surface area contributed by atoms with Crippen LogP contribution in [0, 0.1) is 0 Å². The maximum atomic E-state index is 12.3. The first-order chi connectivity index (χ1) is 14.1. The summed E-state index contributed by atoms with van der Waals surface area (Å²) < 4.78 is 5.44. The lowest BCUT2D eigenvalue weighted by Gasteiger charge is -2.17. The van der Waals surface area contributed by atoms with Crippen LogP contribution in [0.15, 0.2) is 78.9 Å². The Hall–Kier alpha value is -3.64. The summed E-state index contributed by atoms with van der Waals surface area (Å²) >= 11 is 0. The molecule has 3 aromatic rings. The number of ether oxygens (including phenoxy) is 1. The van der Waals surface area contributed by atoms with E-state index in [1.807, 2.05) is 66.7 Å². The summed E-state index contributed by atoms with van der Waals surface area (Å²) in [6.07, 6.45) is -0.532. The minimum atomic E-state index is -1.10. The van der Waals surface area contributed by atoms with Gasteiger partial charge in [-0.15, -0.1) is 0 Å². The van der Waals surface area contributed by atoms with Crippen molar-refractivity contribution < 1.29 is 24.9 Å². The van der Waals surface area contributed by atoms with Crippen LogP contribution in [0.1, 0.15) is 22.6 Å². The molecule has 1 aliphatic carbocycles. The highest BCUT2D eigenvalue weighted by Gasteiger charge is 2.29. The largest absolute Gasteiger partial charge is 0.480 e. The third-order valence-corrected chi connectivity index (χ3v) is 5.22. The first-order valence-corrected chi connectivity index (χ1v) is 9.51. The van der Waals surface area contributed by atoms with Crippen molar-refractivity contribution in [2.45, 2.75) is 18.4 Å². The Balaban J connectivity index is 0.00000256. The number of carboxylic acid groups (broad SMARTS) is 1. The number of carbonyl (C=O) groups is 2. The SMILES string of the molecule is O.O=C(N[C@@H](Cc1ccccc1)C(=O)O)OCC1c2ccccc2-c2ccccc21. The molecule has 0 aromatic heterocycles. The van der Waals surface area contributed by atoms with Gasteiger partial charge >= 0.3 is 12.1 Å². The Morgan fingerprint density at radius 2 is 1.40 bits per heavy atom. The van der Waals surface area contributed by atoms with Gasteiger partial charge in [-0.1, -0.05) is 78.9 Å². The van der Waals surface area contributed by atoms with Gasteiger partial charge in [0.15, 0.2) is 0 Å². The first kappa shape index (κ1) is 21.1. The van der Waals surface area contributed by atoms with Crippen molar-refractivity contribution in [3.05, 3.63) is 95.6 Å². The Morgan fingerprint density at radius 3 is 1.97 bits per heavy atom. The zero-order valence-electron chi connectivity index (χ0n) is 16.2. The van der Waals surface area contributed by atoms with Crippen LogP contribution < -0.4 is 5.32 Å². The van der Waals surface area contributed by atoms with Crippen LogP contribution in [0.2, 0.25) is 0 Å². The van der Waals surface area contributed by atoms with Crippen molar-refractivity contribution in [3.8, 4) is 11.1 Å². The maximum absolute atomic E-state index is 12.3. The fourth-order valence-electron chi connectivity index (χ4n) is 3.83. The van der Waals surface area contributed by atoms with Crippen molar-refractivity contribution in [2.75, 3.05) is 6.61 Å². The lowest BCUT2D eigenvalue weighted by Crippen LogP contribution is -2.42. The van der Waals surface area contributed by atoms with E-state index in [9.17, 15) is 14.7 Å². The molecule has 0 fully saturated rings. The van der Waals surface area contributed by atoms with Crippen molar-refractivity contribution in [2.24, 2.45) is 0 Å². The van der Waals surface area contributed by atoms with E-state index in [2.05, 4.69) is 17.4 Å². The summed E-state index contributed by atoms with van der Waals surface area (Å²) in [4.78, 5) is 23.9. The van der Waals surface area contributed by atoms with Crippen LogP contribution in [-0.4, -0.2) is 35.3 Å². The smallest absolute Gasteiger partial charge is 0.407 e. The third kappa shape index (κ3) is 4.34. The maximum Gasteiger partial charge on any atom is 0.407 e. The van der Waals surface area contributed by atoms with E-state index in [0.717, 1.165) is 27.8 Å². The van der Waals surface area contributed by atoms with Gasteiger partial charge in [-0.3, -0.25) is 0 Å². The van der Waals surface area contributed by atoms with Crippen molar-refractivity contribution in [3.63, 3.8) is 0 Å². The van der Waals surface area contributed by atoms with Gasteiger partial charge in [-0.2, -0.15) is 0 Å². The third-order valence-electron chi connectivity index (χ3n) is 5.22. The minimum Gasteiger partial charge on any atom is -0.480 e. The summed E-state index contributed by atoms with van der Waals surface area (Å²) in [6.45, 7) is 0.150. The van der Waals surface area contributed by atoms with Crippen LogP contribution in [0.25, 0.3) is 11.1 Å². The zero-order valence-corrected chi connectivity index (χ0v) is 16.2. The van der Waals surface area contributed by atoms with Gasteiger partial charge in [-0.25, -0.2) is 9.59 Å². The Morgan fingerprint density at radius 1 is 0.867 bits per heavy atom. The van der Waals surface area contributed by atoms with E-state index in [1.165, 1.54) is 0 Å². The summed E-state index contributed by atoms with van der Waals surface area (Å²) in [5.74, 6) is -1.16. The molecule has 0 bridgehead atoms. The van der Waals surface area contributed by atoms with Crippen LogP contribution in [0.5, 0.6) is 0 Å². The van der Waals surface area contributed by atoms with Crippen molar-refractivity contribution in [1.29, 1.82) is 0 Å². The van der Waals surface area contributed by atoms with Crippen LogP contribution >= 0.6 is 0 Å². The number of carboxylic acids is 1. The van der Waals surface area contributed by atoms with Crippen LogP contribution in [0.4, 0.5) is 4.79 Å². The number of hydrogen-bond donors (Lipinski definition) is 2. The van der Waals surface area contributed by atoms with Gasteiger partial charge in [-0.05, 0) is 27.8 Å². The van der Waals surface area contributed by atoms with E-state index >= 15 is 0 Å². The van der Waals surface area contributed by atoms with E-state index in [1.54, 1.807) is 0 Å². The van der Waals surface area contributed by atoms with Gasteiger partial charge in [0.25, 0.3) is 0 Å². The lowest BCUT2D eigenvalue weighted by atomic mass is 9.98. The average Bonchev–Trinajstić information content (AvgIpc) is 3.06. The molecule has 154 valence electrons. The number of hydrogen-bond acceptors (Lipinski definition) is 3. The average molecular weight is 405 g/mol. The summed E-state index contributed by atoms with van der Waals surface area (Å²) in [6, 6.07) is 24.3. The molecule has 0 saturated heterocycles. The fraction of sp³-hybridized carbons (Fsp3) is 0.167. The number of nitrogens with one attached hydrogen (secondary N) is 1. The number of alkyl carbamates (subject to hydrolysis) is 1. The topological polar surface area (TPSA) is 107 Å². The fourth-order valence-corrected chi connectivity index (χ4v) is 3.83. The van der Waals surface area contributed by atoms with E-state index < -0.39 is 18.1 Å². The van der Waals surface area contributed by atoms with Crippen molar-refractivity contribution >= 4 is 12.1 Å². The van der Waals surface area contributed by atoms with Crippen LogP contribution in [0.3, 0.4) is 0 Å². The molecule has 6 nitrogen and oxygen atoms in total. The number of carbonyl (C=O) groups excluding carboxylic acids is 1. The molecule has 1 aliphatic rings. The summed E-state index contributed by atoms with van der Waals surface area (Å²) in [5, 5.41) is 11.9. The molecule has 0 aliphatic heterocycles. The Bertz CT molecular complexity index is 989. The molecule has 0 spiro atoms. The highest BCUT2D eigenvalue weighted by molar-refractivity contribution is 5.81. The van der Waals surface area contributed by atoms with Crippen molar-refractivity contribution in [1.82, 2.24) is 5.32 Å². The monoisotopic (exact) mass is 405 g/mol. The number of aliphatic carboxylic acids is 1. The van der Waals surface area contributed by atoms with Gasteiger partial charge in [0.1, 0.15) is 12.6 Å². The highest BCUT2D eigenvalue weighted by atomic mass is 16.5. The quantitative estimate of drug-likeness (QED) is 0.655. The number of amides is 1. The van der Waals surface area contributed by atoms with Gasteiger partial charge < -0.3 is 20.6 Å². The molecule has 0 saturated carbocycles. The molecule has 4 rings (SSSR count). The normalized spacial score (nSPS) is 12.8. The first-order valence-electron chi connectivity index (χ1n) is 9.51. The van der Waals surface area contributed by atoms with Crippen LogP contribution in [-0.2, 0) is 16.0 Å². The second-order valence-electron chi connectivity index (χ2n) is 7.05. The predicted molar refractivity (Wildman–Crippen MR) is 113 cm³/mol. The number of benzene rings is 3. The molecule has 1 amide bonds. The summed E-state index contributed by atoms with van der Waals surface area (Å²) in [7, 11) is 0. The second kappa shape index (κ2) is 9.24. The highest BCUT2D eigenvalue weighted by Crippen LogP contribution is 2.44. The Labute approximate surface area is 174 Å². The molecule has 30 heavy (non-hydrogen) atoms. The van der Waals surface area contributed by atoms with E-state index in [0.29, 0.717) is 0 Å². The van der Waals surface area contributed by atoms with Gasteiger partial charge in [0.05, 0.1) is 0 Å². The van der Waals surface area contributed by atoms with Gasteiger partial charge in [0.2, 0.25) is 0 Å². The molecule has 4 N–H and O–H groups in total. The number of fused-ring (bicyclic) bond motifs is 3. The van der Waals surface area contributed by atoms with Gasteiger partial charge in [0, 0.05) is 12.3 Å². The molecule has 3 aromatic carbocycles. The minimum absolute atomic E-state index is 0. The molecule has 0 heterocycles. The lowest BCUT2D eigenvalue weighted by molar-refractivity contribution is -0.139. The summed E-state index contributed by atoms with van der Waals surface area (Å²) in [5.41, 5.74) is 5.34. The molecule has 0 unspecified atom stereocenters. The molecule has 1 atom stereocenters.